The van der Waals surface area contributed by atoms with Gasteiger partial charge >= 0.3 is 0 Å². The third-order valence-corrected chi connectivity index (χ3v) is 4.13. The van der Waals surface area contributed by atoms with Crippen molar-refractivity contribution in [3.8, 4) is 0 Å². The Morgan fingerprint density at radius 3 is 2.18 bits per heavy atom. The van der Waals surface area contributed by atoms with Crippen LogP contribution in [0.4, 0.5) is 5.69 Å². The van der Waals surface area contributed by atoms with Crippen LogP contribution in [0.15, 0.2) is 24.3 Å². The van der Waals surface area contributed by atoms with Crippen LogP contribution in [0.2, 0.25) is 0 Å². The predicted octanol–water partition coefficient (Wildman–Crippen LogP) is 0.834. The molecule has 1 aromatic rings. The standard InChI is InChI=1S/C17H25N3O2/c1-18-17(22)14-7-9-15(10-8-14)19-16(21)13-20-11-5-3-2-4-6-12-20/h7-10H,2-6,11-13H2,1H3,(H,18,22)(H,19,21)/p+1. The fourth-order valence-corrected chi connectivity index (χ4v) is 2.86. The molecule has 120 valence electrons. The van der Waals surface area contributed by atoms with E-state index in [1.54, 1.807) is 31.3 Å². The molecule has 1 fully saturated rings. The zero-order valence-electron chi connectivity index (χ0n) is 13.3. The van der Waals surface area contributed by atoms with Crippen molar-refractivity contribution < 1.29 is 14.5 Å². The SMILES string of the molecule is CNC(=O)c1ccc(NC(=O)C[NH+]2CCCCCCC2)cc1. The van der Waals surface area contributed by atoms with E-state index >= 15 is 0 Å². The number of carbonyl (C=O) groups excluding carboxylic acids is 2. The molecule has 1 aromatic carbocycles. The normalized spacial score (nSPS) is 16.4. The highest BCUT2D eigenvalue weighted by Gasteiger charge is 2.15. The molecule has 0 radical (unpaired) electrons. The molecule has 22 heavy (non-hydrogen) atoms. The van der Waals surface area contributed by atoms with Gasteiger partial charge in [-0.25, -0.2) is 0 Å². The van der Waals surface area contributed by atoms with Crippen molar-refractivity contribution in [2.45, 2.75) is 32.1 Å². The Bertz CT molecular complexity index is 491. The molecular weight excluding hydrogens is 278 g/mol. The Hall–Kier alpha value is -1.88. The quantitative estimate of drug-likeness (QED) is 0.772. The maximum absolute atomic E-state index is 12.1. The van der Waals surface area contributed by atoms with Crippen LogP contribution in [-0.4, -0.2) is 38.5 Å². The lowest BCUT2D eigenvalue weighted by Crippen LogP contribution is -3.13. The van der Waals surface area contributed by atoms with Crippen LogP contribution in [-0.2, 0) is 4.79 Å². The summed E-state index contributed by atoms with van der Waals surface area (Å²) in [4.78, 5) is 25.0. The van der Waals surface area contributed by atoms with Crippen molar-refractivity contribution in [3.63, 3.8) is 0 Å². The predicted molar refractivity (Wildman–Crippen MR) is 87.1 cm³/mol. The van der Waals surface area contributed by atoms with Crippen molar-refractivity contribution in [1.82, 2.24) is 5.32 Å². The number of benzene rings is 1. The molecule has 1 aliphatic rings. The second-order valence-corrected chi connectivity index (χ2v) is 5.90. The third-order valence-electron chi connectivity index (χ3n) is 4.13. The van der Waals surface area contributed by atoms with Gasteiger partial charge in [0.1, 0.15) is 0 Å². The van der Waals surface area contributed by atoms with Crippen LogP contribution in [0.1, 0.15) is 42.5 Å². The Morgan fingerprint density at radius 1 is 1.00 bits per heavy atom. The minimum atomic E-state index is -0.122. The van der Waals surface area contributed by atoms with Crippen molar-refractivity contribution in [2.24, 2.45) is 0 Å². The molecule has 0 unspecified atom stereocenters. The first-order valence-corrected chi connectivity index (χ1v) is 8.14. The summed E-state index contributed by atoms with van der Waals surface area (Å²) in [5.41, 5.74) is 1.33. The topological polar surface area (TPSA) is 62.6 Å². The maximum atomic E-state index is 12.1. The van der Waals surface area contributed by atoms with E-state index in [2.05, 4.69) is 10.6 Å². The second kappa shape index (κ2) is 8.54. The molecule has 3 N–H and O–H groups in total. The number of quaternary nitrogens is 1. The molecule has 2 amide bonds. The number of likely N-dealkylation sites (tertiary alicyclic amines) is 1. The first-order chi connectivity index (χ1) is 10.7. The number of rotatable bonds is 4. The van der Waals surface area contributed by atoms with E-state index in [9.17, 15) is 9.59 Å². The maximum Gasteiger partial charge on any atom is 0.279 e. The lowest BCUT2D eigenvalue weighted by atomic mass is 10.1. The Kier molecular flexibility index (Phi) is 6.40. The summed E-state index contributed by atoms with van der Waals surface area (Å²) >= 11 is 0. The van der Waals surface area contributed by atoms with Crippen LogP contribution in [0.3, 0.4) is 0 Å². The average Bonchev–Trinajstić information content (AvgIpc) is 2.50. The average molecular weight is 304 g/mol. The van der Waals surface area contributed by atoms with Gasteiger partial charge in [-0.3, -0.25) is 9.59 Å². The number of carbonyl (C=O) groups is 2. The highest BCUT2D eigenvalue weighted by molar-refractivity contribution is 5.95. The minimum Gasteiger partial charge on any atom is -0.355 e. The van der Waals surface area contributed by atoms with Crippen LogP contribution in [0.25, 0.3) is 0 Å². The number of anilines is 1. The van der Waals surface area contributed by atoms with Crippen LogP contribution in [0.5, 0.6) is 0 Å². The van der Waals surface area contributed by atoms with Crippen LogP contribution < -0.4 is 15.5 Å². The van der Waals surface area contributed by atoms with Gasteiger partial charge in [-0.2, -0.15) is 0 Å². The summed E-state index contributed by atoms with van der Waals surface area (Å²) in [5.74, 6) is -0.0776. The highest BCUT2D eigenvalue weighted by Crippen LogP contribution is 2.09. The molecule has 0 aromatic heterocycles. The van der Waals surface area contributed by atoms with Crippen molar-refractivity contribution >= 4 is 17.5 Å². The van der Waals surface area contributed by atoms with E-state index in [1.165, 1.54) is 37.0 Å². The molecule has 1 heterocycles. The summed E-state index contributed by atoms with van der Waals surface area (Å²) in [7, 11) is 1.60. The van der Waals surface area contributed by atoms with Gasteiger partial charge in [-0.15, -0.1) is 0 Å². The Morgan fingerprint density at radius 2 is 1.59 bits per heavy atom. The van der Waals surface area contributed by atoms with Gasteiger partial charge < -0.3 is 15.5 Å². The van der Waals surface area contributed by atoms with E-state index in [4.69, 9.17) is 0 Å². The van der Waals surface area contributed by atoms with Crippen LogP contribution in [0, 0.1) is 0 Å². The van der Waals surface area contributed by atoms with Crippen molar-refractivity contribution in [1.29, 1.82) is 0 Å². The van der Waals surface area contributed by atoms with Gasteiger partial charge in [0, 0.05) is 18.3 Å². The molecule has 0 bridgehead atoms. The lowest BCUT2D eigenvalue weighted by Gasteiger charge is -2.21. The third kappa shape index (κ3) is 5.15. The first-order valence-electron chi connectivity index (χ1n) is 8.14. The smallest absolute Gasteiger partial charge is 0.279 e. The molecule has 0 saturated carbocycles. The Balaban J connectivity index is 1.84. The first kappa shape index (κ1) is 16.5. The van der Waals surface area contributed by atoms with Gasteiger partial charge in [0.15, 0.2) is 6.54 Å². The summed E-state index contributed by atoms with van der Waals surface area (Å²) < 4.78 is 0. The highest BCUT2D eigenvalue weighted by atomic mass is 16.2. The molecule has 0 atom stereocenters. The monoisotopic (exact) mass is 304 g/mol. The van der Waals surface area contributed by atoms with Crippen molar-refractivity contribution in [2.75, 3.05) is 32.0 Å². The molecular formula is C17H26N3O2+. The summed E-state index contributed by atoms with van der Waals surface area (Å²) in [6.07, 6.45) is 6.32. The summed E-state index contributed by atoms with van der Waals surface area (Å²) in [6, 6.07) is 6.98. The zero-order valence-corrected chi connectivity index (χ0v) is 13.3. The second-order valence-electron chi connectivity index (χ2n) is 5.90. The molecule has 5 heteroatoms. The fraction of sp³-hybridized carbons (Fsp3) is 0.529. The largest absolute Gasteiger partial charge is 0.355 e. The molecule has 0 spiro atoms. The summed E-state index contributed by atoms with van der Waals surface area (Å²) in [6.45, 7) is 2.70. The van der Waals surface area contributed by atoms with E-state index in [-0.39, 0.29) is 11.8 Å². The van der Waals surface area contributed by atoms with Crippen molar-refractivity contribution in [3.05, 3.63) is 29.8 Å². The number of hydrogen-bond donors (Lipinski definition) is 3. The van der Waals surface area contributed by atoms with Gasteiger partial charge in [0.25, 0.3) is 11.8 Å². The fourth-order valence-electron chi connectivity index (χ4n) is 2.86. The van der Waals surface area contributed by atoms with Crippen LogP contribution >= 0.6 is 0 Å². The molecule has 1 saturated heterocycles. The van der Waals surface area contributed by atoms with Gasteiger partial charge in [0.2, 0.25) is 0 Å². The van der Waals surface area contributed by atoms with E-state index in [1.807, 2.05) is 0 Å². The lowest BCUT2D eigenvalue weighted by molar-refractivity contribution is -0.892. The molecule has 2 rings (SSSR count). The summed E-state index contributed by atoms with van der Waals surface area (Å²) in [5, 5.41) is 5.49. The van der Waals surface area contributed by atoms with E-state index < -0.39 is 0 Å². The number of nitrogens with one attached hydrogen (secondary N) is 3. The Labute approximate surface area is 132 Å². The van der Waals surface area contributed by atoms with Gasteiger partial charge in [-0.05, 0) is 49.9 Å². The molecule has 0 aliphatic carbocycles. The number of hydrogen-bond acceptors (Lipinski definition) is 2. The zero-order chi connectivity index (χ0) is 15.8. The molecule has 1 aliphatic heterocycles. The van der Waals surface area contributed by atoms with E-state index in [0.29, 0.717) is 12.1 Å². The van der Waals surface area contributed by atoms with E-state index in [0.717, 1.165) is 18.8 Å². The van der Waals surface area contributed by atoms with Gasteiger partial charge in [-0.1, -0.05) is 6.42 Å². The van der Waals surface area contributed by atoms with Gasteiger partial charge in [0.05, 0.1) is 13.1 Å². The number of amides is 2. The minimum absolute atomic E-state index is 0.0447. The molecule has 5 nitrogen and oxygen atoms in total.